The topological polar surface area (TPSA) is 49.4 Å². The molecule has 0 spiro atoms. The summed E-state index contributed by atoms with van der Waals surface area (Å²) in [5, 5.41) is 2.68. The van der Waals surface area contributed by atoms with E-state index in [4.69, 9.17) is 0 Å². The molecule has 1 heterocycles. The van der Waals surface area contributed by atoms with E-state index in [9.17, 15) is 9.59 Å². The van der Waals surface area contributed by atoms with Crippen LogP contribution in [-0.2, 0) is 10.5 Å². The van der Waals surface area contributed by atoms with E-state index >= 15 is 0 Å². The van der Waals surface area contributed by atoms with Crippen LogP contribution in [0.4, 0.5) is 4.79 Å². The zero-order chi connectivity index (χ0) is 13.9. The van der Waals surface area contributed by atoms with Gasteiger partial charge in [0.1, 0.15) is 5.54 Å². The molecule has 0 aliphatic carbocycles. The summed E-state index contributed by atoms with van der Waals surface area (Å²) in [7, 11) is 0. The maximum absolute atomic E-state index is 11.9. The van der Waals surface area contributed by atoms with Crippen molar-refractivity contribution in [3.8, 4) is 0 Å². The molecule has 1 aromatic carbocycles. The SMILES string of the molecule is CC1(C)NC(=O)N(CCSCc2ccccc2)C1=O. The number of benzene rings is 1. The molecule has 1 aliphatic rings. The standard InChI is InChI=1S/C14H18N2O2S/c1-14(2)12(17)16(13(18)15-14)8-9-19-10-11-6-4-3-5-7-11/h3-7H,8-10H2,1-2H3,(H,15,18). The molecule has 0 unspecified atom stereocenters. The number of thioether (sulfide) groups is 1. The van der Waals surface area contributed by atoms with Crippen LogP contribution in [0.3, 0.4) is 0 Å². The highest BCUT2D eigenvalue weighted by Crippen LogP contribution is 2.18. The predicted octanol–water partition coefficient (Wildman–Crippen LogP) is 2.25. The molecule has 0 radical (unpaired) electrons. The van der Waals surface area contributed by atoms with E-state index in [0.29, 0.717) is 6.54 Å². The summed E-state index contributed by atoms with van der Waals surface area (Å²) in [6, 6.07) is 9.87. The van der Waals surface area contributed by atoms with Gasteiger partial charge in [-0.1, -0.05) is 30.3 Å². The van der Waals surface area contributed by atoms with Crippen molar-refractivity contribution in [2.24, 2.45) is 0 Å². The molecule has 1 fully saturated rings. The van der Waals surface area contributed by atoms with Crippen molar-refractivity contribution in [2.75, 3.05) is 12.3 Å². The third-order valence-electron chi connectivity index (χ3n) is 3.02. The first-order valence-electron chi connectivity index (χ1n) is 6.26. The Bertz CT molecular complexity index is 474. The Morgan fingerprint density at radius 2 is 1.89 bits per heavy atom. The van der Waals surface area contributed by atoms with Gasteiger partial charge in [0.15, 0.2) is 0 Å². The van der Waals surface area contributed by atoms with Crippen LogP contribution < -0.4 is 5.32 Å². The van der Waals surface area contributed by atoms with Crippen LogP contribution in [-0.4, -0.2) is 34.7 Å². The fourth-order valence-electron chi connectivity index (χ4n) is 1.94. The molecule has 0 aromatic heterocycles. The van der Waals surface area contributed by atoms with Crippen LogP contribution in [0.15, 0.2) is 30.3 Å². The van der Waals surface area contributed by atoms with E-state index in [1.807, 2.05) is 18.2 Å². The van der Waals surface area contributed by atoms with Crippen molar-refractivity contribution in [3.63, 3.8) is 0 Å². The molecule has 2 rings (SSSR count). The van der Waals surface area contributed by atoms with E-state index in [-0.39, 0.29) is 11.9 Å². The Balaban J connectivity index is 1.77. The number of carbonyl (C=O) groups is 2. The van der Waals surface area contributed by atoms with E-state index in [1.54, 1.807) is 25.6 Å². The summed E-state index contributed by atoms with van der Waals surface area (Å²) in [4.78, 5) is 24.9. The van der Waals surface area contributed by atoms with Crippen LogP contribution in [0, 0.1) is 0 Å². The number of nitrogens with one attached hydrogen (secondary N) is 1. The Morgan fingerprint density at radius 3 is 2.47 bits per heavy atom. The lowest BCUT2D eigenvalue weighted by Crippen LogP contribution is -2.40. The van der Waals surface area contributed by atoms with Crippen molar-refractivity contribution in [2.45, 2.75) is 25.1 Å². The van der Waals surface area contributed by atoms with Gasteiger partial charge in [-0.3, -0.25) is 9.69 Å². The first-order valence-corrected chi connectivity index (χ1v) is 7.42. The first-order chi connectivity index (χ1) is 9.00. The van der Waals surface area contributed by atoms with Crippen molar-refractivity contribution >= 4 is 23.7 Å². The number of rotatable bonds is 5. The summed E-state index contributed by atoms with van der Waals surface area (Å²) < 4.78 is 0. The van der Waals surface area contributed by atoms with Gasteiger partial charge in [-0.25, -0.2) is 4.79 Å². The minimum atomic E-state index is -0.763. The maximum atomic E-state index is 11.9. The second-order valence-electron chi connectivity index (χ2n) is 5.05. The van der Waals surface area contributed by atoms with E-state index < -0.39 is 5.54 Å². The molecule has 5 heteroatoms. The van der Waals surface area contributed by atoms with Crippen LogP contribution in [0.5, 0.6) is 0 Å². The minimum Gasteiger partial charge on any atom is -0.324 e. The molecule has 4 nitrogen and oxygen atoms in total. The van der Waals surface area contributed by atoms with Crippen molar-refractivity contribution in [3.05, 3.63) is 35.9 Å². The number of imide groups is 1. The normalized spacial score (nSPS) is 17.7. The number of hydrogen-bond acceptors (Lipinski definition) is 3. The van der Waals surface area contributed by atoms with Gasteiger partial charge < -0.3 is 5.32 Å². The van der Waals surface area contributed by atoms with Crippen molar-refractivity contribution in [1.82, 2.24) is 10.2 Å². The van der Waals surface area contributed by atoms with Gasteiger partial charge in [-0.15, -0.1) is 0 Å². The summed E-state index contributed by atoms with van der Waals surface area (Å²) in [6.07, 6.45) is 0. The second kappa shape index (κ2) is 5.65. The van der Waals surface area contributed by atoms with E-state index in [2.05, 4.69) is 17.4 Å². The average Bonchev–Trinajstić information content (AvgIpc) is 2.57. The molecular formula is C14H18N2O2S. The number of nitrogens with zero attached hydrogens (tertiary/aromatic N) is 1. The van der Waals surface area contributed by atoms with Crippen LogP contribution >= 0.6 is 11.8 Å². The lowest BCUT2D eigenvalue weighted by atomic mass is 10.1. The predicted molar refractivity (Wildman–Crippen MR) is 76.9 cm³/mol. The lowest BCUT2D eigenvalue weighted by molar-refractivity contribution is -0.130. The van der Waals surface area contributed by atoms with Gasteiger partial charge in [0.2, 0.25) is 0 Å². The van der Waals surface area contributed by atoms with Gasteiger partial charge in [-0.2, -0.15) is 11.8 Å². The van der Waals surface area contributed by atoms with E-state index in [1.165, 1.54) is 10.5 Å². The molecule has 0 bridgehead atoms. The van der Waals surface area contributed by atoms with E-state index in [0.717, 1.165) is 11.5 Å². The van der Waals surface area contributed by atoms with Crippen molar-refractivity contribution < 1.29 is 9.59 Å². The number of carbonyl (C=O) groups excluding carboxylic acids is 2. The third kappa shape index (κ3) is 3.29. The monoisotopic (exact) mass is 278 g/mol. The van der Waals surface area contributed by atoms with Gasteiger partial charge in [0, 0.05) is 18.1 Å². The van der Waals surface area contributed by atoms with Gasteiger partial charge in [-0.05, 0) is 19.4 Å². The van der Waals surface area contributed by atoms with Crippen molar-refractivity contribution in [1.29, 1.82) is 0 Å². The molecule has 0 saturated carbocycles. The van der Waals surface area contributed by atoms with Crippen LogP contribution in [0.2, 0.25) is 0 Å². The molecule has 3 amide bonds. The Kier molecular flexibility index (Phi) is 4.14. The smallest absolute Gasteiger partial charge is 0.324 e. The largest absolute Gasteiger partial charge is 0.325 e. The highest BCUT2D eigenvalue weighted by molar-refractivity contribution is 7.98. The van der Waals surface area contributed by atoms with Crippen LogP contribution in [0.1, 0.15) is 19.4 Å². The Hall–Kier alpha value is -1.49. The summed E-state index contributed by atoms with van der Waals surface area (Å²) >= 11 is 1.72. The highest BCUT2D eigenvalue weighted by atomic mass is 32.2. The molecule has 19 heavy (non-hydrogen) atoms. The molecular weight excluding hydrogens is 260 g/mol. The van der Waals surface area contributed by atoms with Gasteiger partial charge in [0.25, 0.3) is 5.91 Å². The molecule has 102 valence electrons. The quantitative estimate of drug-likeness (QED) is 0.664. The molecule has 1 aliphatic heterocycles. The number of urea groups is 1. The zero-order valence-electron chi connectivity index (χ0n) is 11.2. The average molecular weight is 278 g/mol. The second-order valence-corrected chi connectivity index (χ2v) is 6.16. The summed E-state index contributed by atoms with van der Waals surface area (Å²) in [5.74, 6) is 1.51. The number of amides is 3. The Morgan fingerprint density at radius 1 is 1.21 bits per heavy atom. The molecule has 1 saturated heterocycles. The fourth-order valence-corrected chi connectivity index (χ4v) is 2.83. The molecule has 1 aromatic rings. The summed E-state index contributed by atoms with van der Waals surface area (Å²) in [5.41, 5.74) is 0.492. The first kappa shape index (κ1) is 13.9. The molecule has 1 N–H and O–H groups in total. The fraction of sp³-hybridized carbons (Fsp3) is 0.429. The molecule has 0 atom stereocenters. The maximum Gasteiger partial charge on any atom is 0.325 e. The van der Waals surface area contributed by atoms with Gasteiger partial charge >= 0.3 is 6.03 Å². The highest BCUT2D eigenvalue weighted by Gasteiger charge is 2.43. The lowest BCUT2D eigenvalue weighted by Gasteiger charge is -2.15. The van der Waals surface area contributed by atoms with Crippen LogP contribution in [0.25, 0.3) is 0 Å². The van der Waals surface area contributed by atoms with Gasteiger partial charge in [0.05, 0.1) is 0 Å². The Labute approximate surface area is 117 Å². The minimum absolute atomic E-state index is 0.141. The third-order valence-corrected chi connectivity index (χ3v) is 4.02. The summed E-state index contributed by atoms with van der Waals surface area (Å²) in [6.45, 7) is 3.92. The number of hydrogen-bond donors (Lipinski definition) is 1. The zero-order valence-corrected chi connectivity index (χ0v) is 12.0.